The van der Waals surface area contributed by atoms with E-state index >= 15 is 0 Å². The van der Waals surface area contributed by atoms with Crippen molar-refractivity contribution in [3.05, 3.63) is 82.0 Å². The number of carbonyl (C=O) groups is 3. The van der Waals surface area contributed by atoms with E-state index in [1.807, 2.05) is 29.6 Å². The fraction of sp³-hybridized carbons (Fsp3) is 0.382. The third-order valence-electron chi connectivity index (χ3n) is 8.83. The second-order valence-corrected chi connectivity index (χ2v) is 12.3. The zero-order valence-electron chi connectivity index (χ0n) is 26.5. The first-order valence-electron chi connectivity index (χ1n) is 15.8. The van der Waals surface area contributed by atoms with Gasteiger partial charge in [0.05, 0.1) is 11.0 Å². The van der Waals surface area contributed by atoms with E-state index in [2.05, 4.69) is 25.6 Å². The predicted molar refractivity (Wildman–Crippen MR) is 175 cm³/mol. The number of nitrogens with two attached hydrogens (primary N) is 1. The lowest BCUT2D eigenvalue weighted by molar-refractivity contribution is -0.149. The number of fused-ring (bicyclic) bond motifs is 1. The highest BCUT2D eigenvalue weighted by molar-refractivity contribution is 5.99. The van der Waals surface area contributed by atoms with Crippen LogP contribution < -0.4 is 27.4 Å². The summed E-state index contributed by atoms with van der Waals surface area (Å²) in [6.07, 6.45) is -1.28. The minimum absolute atomic E-state index is 0.132. The highest BCUT2D eigenvalue weighted by atomic mass is 19.4. The van der Waals surface area contributed by atoms with Gasteiger partial charge >= 0.3 is 11.9 Å². The fourth-order valence-electron chi connectivity index (χ4n) is 5.90. The molecule has 1 saturated carbocycles. The summed E-state index contributed by atoms with van der Waals surface area (Å²) in [7, 11) is 0. The predicted octanol–water partition coefficient (Wildman–Crippen LogP) is 4.34. The Balaban J connectivity index is 1.31. The molecule has 2 atom stereocenters. The summed E-state index contributed by atoms with van der Waals surface area (Å²) < 4.78 is 38.6. The molecule has 48 heavy (non-hydrogen) atoms. The lowest BCUT2D eigenvalue weighted by atomic mass is 9.81. The number of aromatic nitrogens is 3. The Labute approximate surface area is 274 Å². The number of H-pyrrole nitrogens is 2. The number of amides is 3. The minimum atomic E-state index is -4.57. The number of alkyl halides is 3. The van der Waals surface area contributed by atoms with Gasteiger partial charge in [0.25, 0.3) is 5.91 Å². The van der Waals surface area contributed by atoms with Crippen molar-refractivity contribution in [2.75, 3.05) is 11.9 Å². The number of rotatable bonds is 10. The topological polar surface area (TPSA) is 175 Å². The van der Waals surface area contributed by atoms with Crippen molar-refractivity contribution < 1.29 is 27.6 Å². The van der Waals surface area contributed by atoms with Gasteiger partial charge in [-0.1, -0.05) is 30.3 Å². The van der Waals surface area contributed by atoms with Crippen LogP contribution in [0.25, 0.3) is 22.2 Å². The molecule has 2 aromatic heterocycles. The van der Waals surface area contributed by atoms with Crippen LogP contribution in [0.15, 0.2) is 59.4 Å². The number of aryl methyl sites for hydroxylation is 1. The normalized spacial score (nSPS) is 17.8. The van der Waals surface area contributed by atoms with E-state index < -0.39 is 30.1 Å². The fourth-order valence-corrected chi connectivity index (χ4v) is 5.90. The van der Waals surface area contributed by atoms with Gasteiger partial charge in [0.15, 0.2) is 0 Å². The lowest BCUT2D eigenvalue weighted by Crippen LogP contribution is -2.48. The molecule has 0 bridgehead atoms. The molecule has 1 unspecified atom stereocenters. The number of anilines is 1. The molecule has 254 valence electrons. The Morgan fingerprint density at radius 3 is 2.29 bits per heavy atom. The van der Waals surface area contributed by atoms with Crippen molar-refractivity contribution in [2.24, 2.45) is 17.6 Å². The first-order valence-corrected chi connectivity index (χ1v) is 15.8. The first-order chi connectivity index (χ1) is 22.8. The van der Waals surface area contributed by atoms with Gasteiger partial charge in [-0.25, -0.2) is 9.78 Å². The molecule has 7 N–H and O–H groups in total. The number of nitrogens with zero attached hydrogens (tertiary/aromatic N) is 1. The summed E-state index contributed by atoms with van der Waals surface area (Å²) in [6.45, 7) is 3.10. The Morgan fingerprint density at radius 2 is 1.65 bits per heavy atom. The maximum Gasteiger partial charge on any atom is 0.408 e. The highest BCUT2D eigenvalue weighted by Gasteiger charge is 2.37. The van der Waals surface area contributed by atoms with Crippen LogP contribution in [0.3, 0.4) is 0 Å². The number of pyridine rings is 1. The molecule has 11 nitrogen and oxygen atoms in total. The molecule has 4 aromatic rings. The second kappa shape index (κ2) is 14.4. The van der Waals surface area contributed by atoms with Crippen LogP contribution in [-0.2, 0) is 16.0 Å². The Hall–Kier alpha value is -4.98. The van der Waals surface area contributed by atoms with Gasteiger partial charge in [-0.2, -0.15) is 13.2 Å². The van der Waals surface area contributed by atoms with Crippen LogP contribution in [0.5, 0.6) is 0 Å². The zero-order valence-corrected chi connectivity index (χ0v) is 26.5. The van der Waals surface area contributed by atoms with Gasteiger partial charge in [0.2, 0.25) is 11.8 Å². The Morgan fingerprint density at radius 1 is 0.958 bits per heavy atom. The standard InChI is InChI=1S/C34H38F3N7O4/c1-18-25(12-14-27(39-18)31(46)40-19(2)34(35,36)37)22-7-3-20(4-8-22)15-29(42-30(45)23-9-5-21(17-38)6-10-23)32(47)41-24-11-13-26-28(16-24)44-33(48)43-26/h3-4,7-8,11-14,16,19,21,23,29H,5-6,9-10,15,17,38H2,1-2H3,(H,40,46)(H,41,47)(H,42,45)(H2,43,44,48)/t19?,21?,23?,29-/m0/s1. The number of hydrogen-bond acceptors (Lipinski definition) is 6. The molecular formula is C34H38F3N7O4. The summed E-state index contributed by atoms with van der Waals surface area (Å²) in [6, 6.07) is 12.3. The van der Waals surface area contributed by atoms with E-state index in [9.17, 15) is 32.3 Å². The van der Waals surface area contributed by atoms with Crippen LogP contribution in [0.4, 0.5) is 18.9 Å². The molecule has 3 amide bonds. The number of aromatic amines is 2. The number of carbonyl (C=O) groups excluding carboxylic acids is 3. The van der Waals surface area contributed by atoms with Crippen molar-refractivity contribution in [1.29, 1.82) is 0 Å². The summed E-state index contributed by atoms with van der Waals surface area (Å²) in [5.41, 5.74) is 9.52. The van der Waals surface area contributed by atoms with Crippen molar-refractivity contribution in [3.8, 4) is 11.1 Å². The van der Waals surface area contributed by atoms with Crippen molar-refractivity contribution >= 4 is 34.4 Å². The SMILES string of the molecule is Cc1nc(C(=O)NC(C)C(F)(F)F)ccc1-c1ccc(C[C@H](NC(=O)C2CCC(CN)CC2)C(=O)Nc2ccc3[nH]c(=O)[nH]c3c2)cc1. The minimum Gasteiger partial charge on any atom is -0.344 e. The van der Waals surface area contributed by atoms with Crippen LogP contribution in [0, 0.1) is 18.8 Å². The van der Waals surface area contributed by atoms with E-state index in [-0.39, 0.29) is 29.6 Å². The molecule has 0 aliphatic heterocycles. The molecule has 2 aromatic carbocycles. The van der Waals surface area contributed by atoms with Crippen molar-refractivity contribution in [2.45, 2.75) is 64.2 Å². The number of nitrogens with one attached hydrogen (secondary N) is 5. The van der Waals surface area contributed by atoms with Gasteiger partial charge in [-0.05, 0) is 87.4 Å². The van der Waals surface area contributed by atoms with E-state index in [1.54, 1.807) is 31.2 Å². The van der Waals surface area contributed by atoms with E-state index in [4.69, 9.17) is 5.73 Å². The summed E-state index contributed by atoms with van der Waals surface area (Å²) in [4.78, 5) is 60.5. The molecule has 5 rings (SSSR count). The van der Waals surface area contributed by atoms with Gasteiger partial charge < -0.3 is 31.7 Å². The molecule has 0 radical (unpaired) electrons. The van der Waals surface area contributed by atoms with Gasteiger partial charge in [-0.3, -0.25) is 14.4 Å². The largest absolute Gasteiger partial charge is 0.408 e. The molecular weight excluding hydrogens is 627 g/mol. The smallest absolute Gasteiger partial charge is 0.344 e. The third kappa shape index (κ3) is 8.29. The lowest BCUT2D eigenvalue weighted by Gasteiger charge is -2.28. The Bertz CT molecular complexity index is 1840. The van der Waals surface area contributed by atoms with Gasteiger partial charge in [0.1, 0.15) is 17.8 Å². The number of benzene rings is 2. The second-order valence-electron chi connectivity index (χ2n) is 12.3. The molecule has 1 aliphatic rings. The summed E-state index contributed by atoms with van der Waals surface area (Å²) in [5, 5.41) is 7.73. The Kier molecular flexibility index (Phi) is 10.3. The quantitative estimate of drug-likeness (QED) is 0.147. The number of imidazole rings is 1. The monoisotopic (exact) mass is 665 g/mol. The van der Waals surface area contributed by atoms with Crippen LogP contribution >= 0.6 is 0 Å². The number of hydrogen-bond donors (Lipinski definition) is 6. The molecule has 14 heteroatoms. The average Bonchev–Trinajstić information content (AvgIpc) is 3.43. The van der Waals surface area contributed by atoms with Gasteiger partial charge in [0, 0.05) is 29.3 Å². The van der Waals surface area contributed by atoms with E-state index in [0.29, 0.717) is 53.3 Å². The van der Waals surface area contributed by atoms with Gasteiger partial charge in [-0.15, -0.1) is 0 Å². The van der Waals surface area contributed by atoms with Crippen molar-refractivity contribution in [1.82, 2.24) is 25.6 Å². The third-order valence-corrected chi connectivity index (χ3v) is 8.83. The molecule has 1 aliphatic carbocycles. The summed E-state index contributed by atoms with van der Waals surface area (Å²) in [5.74, 6) is -1.36. The molecule has 0 saturated heterocycles. The van der Waals surface area contributed by atoms with Crippen LogP contribution in [0.1, 0.15) is 54.4 Å². The van der Waals surface area contributed by atoms with Crippen molar-refractivity contribution in [3.63, 3.8) is 0 Å². The molecule has 0 spiro atoms. The van der Waals surface area contributed by atoms with Crippen LogP contribution in [0.2, 0.25) is 0 Å². The molecule has 1 fully saturated rings. The first kappa shape index (κ1) is 34.4. The highest BCUT2D eigenvalue weighted by Crippen LogP contribution is 2.29. The van der Waals surface area contributed by atoms with E-state index in [0.717, 1.165) is 30.9 Å². The zero-order chi connectivity index (χ0) is 34.6. The average molecular weight is 666 g/mol. The maximum atomic E-state index is 13.6. The molecule has 2 heterocycles. The maximum absolute atomic E-state index is 13.6. The number of halogens is 3. The van der Waals surface area contributed by atoms with E-state index in [1.165, 1.54) is 6.07 Å². The summed E-state index contributed by atoms with van der Waals surface area (Å²) >= 11 is 0. The van der Waals surface area contributed by atoms with Crippen LogP contribution in [-0.4, -0.2) is 57.5 Å².